The van der Waals surface area contributed by atoms with E-state index >= 15 is 0 Å². The topological polar surface area (TPSA) is 94.6 Å². The number of carbonyl (C=O) groups is 1. The largest absolute Gasteiger partial charge is 0.497 e. The van der Waals surface area contributed by atoms with Crippen LogP contribution in [0.5, 0.6) is 10.8 Å². The van der Waals surface area contributed by atoms with Crippen molar-refractivity contribution in [3.8, 4) is 16.9 Å². The minimum absolute atomic E-state index is 0.0979. The number of nitrogens with two attached hydrogens (primary N) is 1. The summed E-state index contributed by atoms with van der Waals surface area (Å²) < 4.78 is 15.7. The molecule has 0 aliphatic rings. The fourth-order valence-corrected chi connectivity index (χ4v) is 2.76. The number of benzene rings is 1. The maximum atomic E-state index is 11.8. The number of rotatable bonds is 6. The summed E-state index contributed by atoms with van der Waals surface area (Å²) in [7, 11) is 1.59. The normalized spacial score (nSPS) is 9.96. The third-order valence-electron chi connectivity index (χ3n) is 3.01. The summed E-state index contributed by atoms with van der Waals surface area (Å²) in [6, 6.07) is 9.31. The number of ether oxygens (including phenoxy) is 3. The summed E-state index contributed by atoms with van der Waals surface area (Å²) in [5.74, 6) is 0.197. The van der Waals surface area contributed by atoms with Crippen molar-refractivity contribution in [1.29, 1.82) is 5.26 Å². The van der Waals surface area contributed by atoms with Crippen LogP contribution in [0.3, 0.4) is 0 Å². The zero-order valence-electron chi connectivity index (χ0n) is 12.8. The van der Waals surface area contributed by atoms with Gasteiger partial charge in [-0.25, -0.2) is 4.79 Å². The summed E-state index contributed by atoms with van der Waals surface area (Å²) >= 11 is 1.02. The zero-order valence-corrected chi connectivity index (χ0v) is 13.6. The summed E-state index contributed by atoms with van der Waals surface area (Å²) in [6.45, 7) is 2.19. The minimum Gasteiger partial charge on any atom is -0.497 e. The van der Waals surface area contributed by atoms with Gasteiger partial charge in [-0.05, 0) is 24.6 Å². The van der Waals surface area contributed by atoms with Gasteiger partial charge < -0.3 is 19.9 Å². The second kappa shape index (κ2) is 7.51. The van der Waals surface area contributed by atoms with Gasteiger partial charge in [0.15, 0.2) is 5.06 Å². The van der Waals surface area contributed by atoms with Gasteiger partial charge in [-0.1, -0.05) is 23.5 Å². The molecular formula is C16H16N2O4S. The van der Waals surface area contributed by atoms with Crippen LogP contribution in [0.1, 0.15) is 27.7 Å². The molecule has 0 fully saturated rings. The van der Waals surface area contributed by atoms with Crippen LogP contribution in [0, 0.1) is 11.3 Å². The van der Waals surface area contributed by atoms with Gasteiger partial charge >= 0.3 is 5.97 Å². The number of carbonyl (C=O) groups excluding carboxylic acids is 1. The SMILES string of the molecule is CCOC(=O)c1sc(OCc2ccc(OC)cc2)c(C#N)c1N. The predicted molar refractivity (Wildman–Crippen MR) is 86.7 cm³/mol. The average molecular weight is 332 g/mol. The number of hydrogen-bond acceptors (Lipinski definition) is 7. The molecule has 0 radical (unpaired) electrons. The van der Waals surface area contributed by atoms with E-state index in [0.717, 1.165) is 22.6 Å². The van der Waals surface area contributed by atoms with E-state index in [1.807, 2.05) is 30.3 Å². The Morgan fingerprint density at radius 1 is 1.35 bits per heavy atom. The minimum atomic E-state index is -0.550. The number of esters is 1. The second-order valence-corrected chi connectivity index (χ2v) is 5.46. The summed E-state index contributed by atoms with van der Waals surface area (Å²) in [6.07, 6.45) is 0. The van der Waals surface area contributed by atoms with E-state index in [-0.39, 0.29) is 29.3 Å². The first-order chi connectivity index (χ1) is 11.1. The van der Waals surface area contributed by atoms with Crippen molar-refractivity contribution in [1.82, 2.24) is 0 Å². The molecule has 23 heavy (non-hydrogen) atoms. The van der Waals surface area contributed by atoms with E-state index in [4.69, 9.17) is 19.9 Å². The highest BCUT2D eigenvalue weighted by Gasteiger charge is 2.23. The summed E-state index contributed by atoms with van der Waals surface area (Å²) in [5.41, 5.74) is 7.00. The molecule has 120 valence electrons. The highest BCUT2D eigenvalue weighted by molar-refractivity contribution is 7.16. The Morgan fingerprint density at radius 3 is 2.61 bits per heavy atom. The molecule has 6 nitrogen and oxygen atoms in total. The Labute approximate surface area is 138 Å². The first-order valence-electron chi connectivity index (χ1n) is 6.85. The number of nitrogens with zero attached hydrogens (tertiary/aromatic N) is 1. The summed E-state index contributed by atoms with van der Waals surface area (Å²) in [4.78, 5) is 12.0. The van der Waals surface area contributed by atoms with E-state index in [0.29, 0.717) is 5.06 Å². The third kappa shape index (κ3) is 3.73. The van der Waals surface area contributed by atoms with Crippen LogP contribution in [-0.2, 0) is 11.3 Å². The fourth-order valence-electron chi connectivity index (χ4n) is 1.85. The number of nitrogen functional groups attached to an aromatic ring is 1. The molecule has 0 bridgehead atoms. The standard InChI is InChI=1S/C16H16N2O4S/c1-3-21-15(19)14-13(18)12(8-17)16(23-14)22-9-10-4-6-11(20-2)7-5-10/h4-7H,3,9,18H2,1-2H3. The highest BCUT2D eigenvalue weighted by Crippen LogP contribution is 2.38. The lowest BCUT2D eigenvalue weighted by molar-refractivity contribution is 0.0533. The molecule has 0 saturated carbocycles. The van der Waals surface area contributed by atoms with Crippen LogP contribution in [0.25, 0.3) is 0 Å². The Balaban J connectivity index is 2.17. The summed E-state index contributed by atoms with van der Waals surface area (Å²) in [5, 5.41) is 9.53. The van der Waals surface area contributed by atoms with Crippen molar-refractivity contribution < 1.29 is 19.0 Å². The van der Waals surface area contributed by atoms with Crippen molar-refractivity contribution in [3.63, 3.8) is 0 Å². The molecule has 7 heteroatoms. The number of methoxy groups -OCH3 is 1. The number of nitriles is 1. The van der Waals surface area contributed by atoms with E-state index in [9.17, 15) is 10.1 Å². The molecule has 1 aromatic heterocycles. The van der Waals surface area contributed by atoms with Gasteiger partial charge in [0.25, 0.3) is 0 Å². The van der Waals surface area contributed by atoms with Crippen LogP contribution >= 0.6 is 11.3 Å². The fraction of sp³-hybridized carbons (Fsp3) is 0.250. The van der Waals surface area contributed by atoms with E-state index in [1.165, 1.54) is 0 Å². The Bertz CT molecular complexity index is 732. The molecule has 0 unspecified atom stereocenters. The monoisotopic (exact) mass is 332 g/mol. The highest BCUT2D eigenvalue weighted by atomic mass is 32.1. The Morgan fingerprint density at radius 2 is 2.04 bits per heavy atom. The van der Waals surface area contributed by atoms with Gasteiger partial charge in [0, 0.05) is 0 Å². The molecule has 0 atom stereocenters. The maximum absolute atomic E-state index is 11.8. The molecule has 0 saturated heterocycles. The second-order valence-electron chi connectivity index (χ2n) is 4.48. The van der Waals surface area contributed by atoms with Crippen molar-refractivity contribution in [2.45, 2.75) is 13.5 Å². The van der Waals surface area contributed by atoms with Gasteiger partial charge in [0.05, 0.1) is 19.4 Å². The van der Waals surface area contributed by atoms with E-state index in [2.05, 4.69) is 0 Å². The lowest BCUT2D eigenvalue weighted by Gasteiger charge is -2.05. The zero-order chi connectivity index (χ0) is 16.8. The Hall–Kier alpha value is -2.72. The van der Waals surface area contributed by atoms with Gasteiger partial charge in [0.1, 0.15) is 28.9 Å². The predicted octanol–water partition coefficient (Wildman–Crippen LogP) is 2.97. The quantitative estimate of drug-likeness (QED) is 0.817. The van der Waals surface area contributed by atoms with Gasteiger partial charge in [-0.2, -0.15) is 5.26 Å². The van der Waals surface area contributed by atoms with Crippen LogP contribution in [-0.4, -0.2) is 19.7 Å². The van der Waals surface area contributed by atoms with Crippen LogP contribution < -0.4 is 15.2 Å². The maximum Gasteiger partial charge on any atom is 0.350 e. The molecule has 0 aliphatic carbocycles. The molecule has 2 N–H and O–H groups in total. The molecule has 0 amide bonds. The van der Waals surface area contributed by atoms with Crippen molar-refractivity contribution in [2.75, 3.05) is 19.5 Å². The Kier molecular flexibility index (Phi) is 5.44. The average Bonchev–Trinajstić information content (AvgIpc) is 2.89. The first kappa shape index (κ1) is 16.6. The van der Waals surface area contributed by atoms with Crippen LogP contribution in [0.15, 0.2) is 24.3 Å². The molecule has 0 spiro atoms. The van der Waals surface area contributed by atoms with Crippen molar-refractivity contribution in [3.05, 3.63) is 40.3 Å². The number of thiophene rings is 1. The van der Waals surface area contributed by atoms with Crippen molar-refractivity contribution in [2.24, 2.45) is 0 Å². The lowest BCUT2D eigenvalue weighted by Crippen LogP contribution is -2.05. The van der Waals surface area contributed by atoms with Gasteiger partial charge in [-0.3, -0.25) is 0 Å². The van der Waals surface area contributed by atoms with Crippen molar-refractivity contribution >= 4 is 23.0 Å². The molecule has 0 aliphatic heterocycles. The first-order valence-corrected chi connectivity index (χ1v) is 7.67. The number of hydrogen-bond donors (Lipinski definition) is 1. The van der Waals surface area contributed by atoms with Crippen LogP contribution in [0.2, 0.25) is 0 Å². The number of anilines is 1. The van der Waals surface area contributed by atoms with Gasteiger partial charge in [0.2, 0.25) is 0 Å². The van der Waals surface area contributed by atoms with E-state index in [1.54, 1.807) is 14.0 Å². The van der Waals surface area contributed by atoms with Crippen LogP contribution in [0.4, 0.5) is 5.69 Å². The van der Waals surface area contributed by atoms with E-state index < -0.39 is 5.97 Å². The smallest absolute Gasteiger partial charge is 0.350 e. The molecule has 2 rings (SSSR count). The molecule has 1 heterocycles. The third-order valence-corrected chi connectivity index (χ3v) is 4.11. The lowest BCUT2D eigenvalue weighted by atomic mass is 10.2. The molecule has 2 aromatic rings. The van der Waals surface area contributed by atoms with Gasteiger partial charge in [-0.15, -0.1) is 0 Å². The molecular weight excluding hydrogens is 316 g/mol. The molecule has 1 aromatic carbocycles.